The number of anilines is 1. The Balaban J connectivity index is 2.05. The highest BCUT2D eigenvalue weighted by Crippen LogP contribution is 2.31. The summed E-state index contributed by atoms with van der Waals surface area (Å²) in [6.45, 7) is 1.76. The molecule has 0 atom stereocenters. The first-order chi connectivity index (χ1) is 9.77. The summed E-state index contributed by atoms with van der Waals surface area (Å²) in [4.78, 5) is 17.7. The molecule has 2 heterocycles. The van der Waals surface area contributed by atoms with E-state index < -0.39 is 23.5 Å². The molecule has 2 rings (SSSR count). The second kappa shape index (κ2) is 5.84. The number of carbonyl (C=O) groups is 1. The van der Waals surface area contributed by atoms with Crippen molar-refractivity contribution >= 4 is 11.7 Å². The van der Waals surface area contributed by atoms with Crippen molar-refractivity contribution in [3.63, 3.8) is 0 Å². The van der Waals surface area contributed by atoms with E-state index in [1.165, 1.54) is 0 Å². The average Bonchev–Trinajstić information content (AvgIpc) is 2.38. The van der Waals surface area contributed by atoms with Crippen LogP contribution in [0.4, 0.5) is 23.4 Å². The minimum Gasteiger partial charge on any atom is -0.369 e. The summed E-state index contributed by atoms with van der Waals surface area (Å²) in [6.07, 6.45) is -4.00. The fourth-order valence-electron chi connectivity index (χ4n) is 2.16. The zero-order chi connectivity index (χ0) is 15.6. The fourth-order valence-corrected chi connectivity index (χ4v) is 2.16. The van der Waals surface area contributed by atoms with Crippen molar-refractivity contribution < 1.29 is 22.4 Å². The van der Waals surface area contributed by atoms with Crippen LogP contribution >= 0.6 is 0 Å². The number of amides is 1. The van der Waals surface area contributed by atoms with Crippen molar-refractivity contribution in [2.45, 2.75) is 6.18 Å². The van der Waals surface area contributed by atoms with Crippen molar-refractivity contribution in [1.82, 2.24) is 9.88 Å². The molecule has 0 bridgehead atoms. The zero-order valence-corrected chi connectivity index (χ0v) is 11.0. The van der Waals surface area contributed by atoms with Gasteiger partial charge in [-0.15, -0.1) is 0 Å². The van der Waals surface area contributed by atoms with Crippen LogP contribution in [0.5, 0.6) is 0 Å². The van der Waals surface area contributed by atoms with E-state index >= 15 is 0 Å². The van der Waals surface area contributed by atoms with E-state index in [0.717, 1.165) is 0 Å². The van der Waals surface area contributed by atoms with Gasteiger partial charge in [-0.05, 0) is 6.07 Å². The molecular formula is C12H14F4N4O. The lowest BCUT2D eigenvalue weighted by molar-refractivity contribution is -0.138. The standard InChI is InChI=1S/C12H14F4N4O/c13-9-5-8(12(14,15)16)6-18-11(9)20-3-1-19(2-4-20)7-10(17)21/h5-6H,1-4,7H2,(H2,17,21). The third-order valence-electron chi connectivity index (χ3n) is 3.20. The van der Waals surface area contributed by atoms with Crippen molar-refractivity contribution in [1.29, 1.82) is 0 Å². The van der Waals surface area contributed by atoms with Gasteiger partial charge in [-0.25, -0.2) is 9.37 Å². The van der Waals surface area contributed by atoms with Gasteiger partial charge in [-0.3, -0.25) is 9.69 Å². The van der Waals surface area contributed by atoms with Crippen LogP contribution in [0, 0.1) is 5.82 Å². The number of alkyl halides is 3. The van der Waals surface area contributed by atoms with Gasteiger partial charge in [0.1, 0.15) is 0 Å². The number of nitrogens with zero attached hydrogens (tertiary/aromatic N) is 3. The number of hydrogen-bond donors (Lipinski definition) is 1. The van der Waals surface area contributed by atoms with Crippen LogP contribution in [0.3, 0.4) is 0 Å². The third kappa shape index (κ3) is 3.81. The smallest absolute Gasteiger partial charge is 0.369 e. The maximum Gasteiger partial charge on any atom is 0.417 e. The van der Waals surface area contributed by atoms with Crippen LogP contribution in [0.2, 0.25) is 0 Å². The number of carbonyl (C=O) groups excluding carboxylic acids is 1. The van der Waals surface area contributed by atoms with E-state index in [4.69, 9.17) is 5.73 Å². The van der Waals surface area contributed by atoms with E-state index in [1.54, 1.807) is 9.80 Å². The predicted octanol–water partition coefficient (Wildman–Crippen LogP) is 0.847. The first kappa shape index (κ1) is 15.5. The first-order valence-corrected chi connectivity index (χ1v) is 6.25. The predicted molar refractivity (Wildman–Crippen MR) is 67.0 cm³/mol. The normalized spacial score (nSPS) is 17.0. The Hall–Kier alpha value is -1.90. The number of aromatic nitrogens is 1. The third-order valence-corrected chi connectivity index (χ3v) is 3.20. The Morgan fingerprint density at radius 3 is 2.38 bits per heavy atom. The number of hydrogen-bond acceptors (Lipinski definition) is 4. The van der Waals surface area contributed by atoms with Gasteiger partial charge in [0.2, 0.25) is 5.91 Å². The number of piperazine rings is 1. The highest BCUT2D eigenvalue weighted by molar-refractivity contribution is 5.75. The molecule has 1 aliphatic rings. The molecule has 0 saturated carbocycles. The maximum absolute atomic E-state index is 13.8. The van der Waals surface area contributed by atoms with Crippen LogP contribution in [0.15, 0.2) is 12.3 Å². The molecule has 1 saturated heterocycles. The topological polar surface area (TPSA) is 62.5 Å². The highest BCUT2D eigenvalue weighted by atomic mass is 19.4. The molecule has 5 nitrogen and oxygen atoms in total. The summed E-state index contributed by atoms with van der Waals surface area (Å²) < 4.78 is 51.1. The van der Waals surface area contributed by atoms with Crippen molar-refractivity contribution in [2.24, 2.45) is 5.73 Å². The molecule has 1 aliphatic heterocycles. The largest absolute Gasteiger partial charge is 0.417 e. The summed E-state index contributed by atoms with van der Waals surface area (Å²) in [6, 6.07) is 0.443. The molecule has 1 aromatic heterocycles. The van der Waals surface area contributed by atoms with Crippen LogP contribution in [-0.4, -0.2) is 48.5 Å². The van der Waals surface area contributed by atoms with Crippen molar-refractivity contribution in [3.8, 4) is 0 Å². The number of pyridine rings is 1. The second-order valence-corrected chi connectivity index (χ2v) is 4.76. The molecule has 1 amide bonds. The molecule has 0 spiro atoms. The molecule has 0 unspecified atom stereocenters. The van der Waals surface area contributed by atoms with Gasteiger partial charge in [-0.1, -0.05) is 0 Å². The SMILES string of the molecule is NC(=O)CN1CCN(c2ncc(C(F)(F)F)cc2F)CC1. The second-order valence-electron chi connectivity index (χ2n) is 4.76. The molecule has 21 heavy (non-hydrogen) atoms. The van der Waals surface area contributed by atoms with Gasteiger partial charge in [-0.2, -0.15) is 13.2 Å². The Morgan fingerprint density at radius 1 is 1.29 bits per heavy atom. The number of rotatable bonds is 3. The minimum atomic E-state index is -4.62. The van der Waals surface area contributed by atoms with E-state index in [-0.39, 0.29) is 12.4 Å². The average molecular weight is 306 g/mol. The monoisotopic (exact) mass is 306 g/mol. The summed E-state index contributed by atoms with van der Waals surface area (Å²) in [5.74, 6) is -1.57. The molecule has 116 valence electrons. The molecule has 9 heteroatoms. The number of halogens is 4. The lowest BCUT2D eigenvalue weighted by atomic mass is 10.2. The summed E-state index contributed by atoms with van der Waals surface area (Å²) >= 11 is 0. The molecule has 2 N–H and O–H groups in total. The number of primary amides is 1. The van der Waals surface area contributed by atoms with Crippen LogP contribution in [0.25, 0.3) is 0 Å². The summed E-state index contributed by atoms with van der Waals surface area (Å²) in [7, 11) is 0. The van der Waals surface area contributed by atoms with Gasteiger partial charge in [0.15, 0.2) is 11.6 Å². The van der Waals surface area contributed by atoms with Gasteiger partial charge >= 0.3 is 6.18 Å². The number of nitrogens with two attached hydrogens (primary N) is 1. The van der Waals surface area contributed by atoms with Gasteiger partial charge in [0.05, 0.1) is 12.1 Å². The van der Waals surface area contributed by atoms with Crippen LogP contribution in [-0.2, 0) is 11.0 Å². The minimum absolute atomic E-state index is 0.108. The van der Waals surface area contributed by atoms with Gasteiger partial charge in [0.25, 0.3) is 0 Å². The molecule has 1 aromatic rings. The Morgan fingerprint density at radius 2 is 1.90 bits per heavy atom. The van der Waals surface area contributed by atoms with E-state index in [2.05, 4.69) is 4.98 Å². The molecule has 0 aromatic carbocycles. The maximum atomic E-state index is 13.8. The van der Waals surface area contributed by atoms with E-state index in [1.807, 2.05) is 0 Å². The van der Waals surface area contributed by atoms with Crippen molar-refractivity contribution in [3.05, 3.63) is 23.6 Å². The Kier molecular flexibility index (Phi) is 4.31. The molecule has 1 fully saturated rings. The zero-order valence-electron chi connectivity index (χ0n) is 11.0. The molecular weight excluding hydrogens is 292 g/mol. The summed E-state index contributed by atoms with van der Waals surface area (Å²) in [5, 5.41) is 0. The van der Waals surface area contributed by atoms with Crippen molar-refractivity contribution in [2.75, 3.05) is 37.6 Å². The van der Waals surface area contributed by atoms with E-state index in [0.29, 0.717) is 38.4 Å². The lowest BCUT2D eigenvalue weighted by Crippen LogP contribution is -2.49. The van der Waals surface area contributed by atoms with E-state index in [9.17, 15) is 22.4 Å². The Labute approximate surface area is 118 Å². The summed E-state index contributed by atoms with van der Waals surface area (Å²) in [5.41, 5.74) is 3.96. The molecule has 0 radical (unpaired) electrons. The lowest BCUT2D eigenvalue weighted by Gasteiger charge is -2.34. The highest BCUT2D eigenvalue weighted by Gasteiger charge is 2.32. The molecule has 0 aliphatic carbocycles. The fraction of sp³-hybridized carbons (Fsp3) is 0.500. The van der Waals surface area contributed by atoms with Gasteiger partial charge < -0.3 is 10.6 Å². The Bertz CT molecular complexity index is 526. The quantitative estimate of drug-likeness (QED) is 0.841. The van der Waals surface area contributed by atoms with Crippen LogP contribution in [0.1, 0.15) is 5.56 Å². The van der Waals surface area contributed by atoms with Crippen LogP contribution < -0.4 is 10.6 Å². The van der Waals surface area contributed by atoms with Gasteiger partial charge in [0, 0.05) is 32.4 Å². The first-order valence-electron chi connectivity index (χ1n) is 6.25.